The molecule has 0 aliphatic rings. The lowest BCUT2D eigenvalue weighted by molar-refractivity contribution is 0.0995. The van der Waals surface area contributed by atoms with Crippen molar-refractivity contribution in [3.05, 3.63) is 76.4 Å². The van der Waals surface area contributed by atoms with Crippen LogP contribution in [0.25, 0.3) is 22.4 Å². The Bertz CT molecular complexity index is 1050. The summed E-state index contributed by atoms with van der Waals surface area (Å²) in [7, 11) is 4.16. The van der Waals surface area contributed by atoms with Crippen molar-refractivity contribution in [3.8, 4) is 22.4 Å². The van der Waals surface area contributed by atoms with Crippen molar-refractivity contribution >= 4 is 17.5 Å². The molecule has 2 N–H and O–H groups in total. The molecule has 4 nitrogen and oxygen atoms in total. The minimum absolute atomic E-state index is 0.254. The average molecular weight is 422 g/mol. The fourth-order valence-electron chi connectivity index (χ4n) is 3.57. The fourth-order valence-corrected chi connectivity index (χ4v) is 3.78. The second kappa shape index (κ2) is 9.88. The molecule has 3 aromatic rings. The van der Waals surface area contributed by atoms with E-state index in [1.165, 1.54) is 0 Å². The molecule has 0 unspecified atom stereocenters. The second-order valence-corrected chi connectivity index (χ2v) is 8.25. The quantitative estimate of drug-likeness (QED) is 0.498. The summed E-state index contributed by atoms with van der Waals surface area (Å²) in [5.41, 5.74) is 11.7. The van der Waals surface area contributed by atoms with Crippen LogP contribution in [0, 0.1) is 6.92 Å². The number of rotatable bonds is 8. The van der Waals surface area contributed by atoms with Gasteiger partial charge in [0.1, 0.15) is 5.69 Å². The maximum Gasteiger partial charge on any atom is 0.267 e. The van der Waals surface area contributed by atoms with Gasteiger partial charge in [-0.1, -0.05) is 41.9 Å². The SMILES string of the molecule is Cc1ccccc1-c1ccc(C(N)=O)nc1-c1ccc(Cl)c(CCCCN(C)C)c1. The van der Waals surface area contributed by atoms with Gasteiger partial charge < -0.3 is 10.6 Å². The second-order valence-electron chi connectivity index (χ2n) is 7.84. The van der Waals surface area contributed by atoms with Gasteiger partial charge in [0.15, 0.2) is 0 Å². The zero-order valence-corrected chi connectivity index (χ0v) is 18.5. The van der Waals surface area contributed by atoms with E-state index in [-0.39, 0.29) is 5.69 Å². The van der Waals surface area contributed by atoms with E-state index in [9.17, 15) is 4.79 Å². The molecular weight excluding hydrogens is 394 g/mol. The predicted molar refractivity (Wildman–Crippen MR) is 125 cm³/mol. The van der Waals surface area contributed by atoms with Gasteiger partial charge >= 0.3 is 0 Å². The number of halogens is 1. The molecule has 156 valence electrons. The highest BCUT2D eigenvalue weighted by atomic mass is 35.5. The zero-order chi connectivity index (χ0) is 21.7. The van der Waals surface area contributed by atoms with Crippen LogP contribution in [0.4, 0.5) is 0 Å². The van der Waals surface area contributed by atoms with Crippen LogP contribution in [0.3, 0.4) is 0 Å². The predicted octanol–water partition coefficient (Wildman–Crippen LogP) is 5.36. The third kappa shape index (κ3) is 5.26. The summed E-state index contributed by atoms with van der Waals surface area (Å²) in [6.45, 7) is 3.12. The summed E-state index contributed by atoms with van der Waals surface area (Å²) in [4.78, 5) is 18.6. The minimum Gasteiger partial charge on any atom is -0.364 e. The molecular formula is C25H28ClN3O. The normalized spacial score (nSPS) is 11.1. The van der Waals surface area contributed by atoms with E-state index in [0.717, 1.165) is 64.3 Å². The lowest BCUT2D eigenvalue weighted by Crippen LogP contribution is -2.13. The van der Waals surface area contributed by atoms with Crippen molar-refractivity contribution in [1.82, 2.24) is 9.88 Å². The van der Waals surface area contributed by atoms with Crippen molar-refractivity contribution < 1.29 is 4.79 Å². The number of aryl methyl sites for hydroxylation is 2. The Balaban J connectivity index is 2.03. The molecule has 2 aromatic carbocycles. The molecule has 0 atom stereocenters. The minimum atomic E-state index is -0.537. The van der Waals surface area contributed by atoms with E-state index >= 15 is 0 Å². The topological polar surface area (TPSA) is 59.2 Å². The molecule has 0 fully saturated rings. The van der Waals surface area contributed by atoms with Crippen LogP contribution in [0.2, 0.25) is 5.02 Å². The van der Waals surface area contributed by atoms with E-state index in [1.54, 1.807) is 6.07 Å². The number of nitrogens with zero attached hydrogens (tertiary/aromatic N) is 2. The summed E-state index contributed by atoms with van der Waals surface area (Å²) < 4.78 is 0. The van der Waals surface area contributed by atoms with Crippen molar-refractivity contribution in [2.24, 2.45) is 5.73 Å². The molecule has 30 heavy (non-hydrogen) atoms. The number of benzene rings is 2. The summed E-state index contributed by atoms with van der Waals surface area (Å²) >= 11 is 6.48. The van der Waals surface area contributed by atoms with Crippen LogP contribution in [-0.2, 0) is 6.42 Å². The number of amides is 1. The van der Waals surface area contributed by atoms with Crippen LogP contribution in [0.15, 0.2) is 54.6 Å². The zero-order valence-electron chi connectivity index (χ0n) is 17.8. The highest BCUT2D eigenvalue weighted by molar-refractivity contribution is 6.31. The summed E-state index contributed by atoms with van der Waals surface area (Å²) in [5.74, 6) is -0.537. The molecule has 0 bridgehead atoms. The van der Waals surface area contributed by atoms with Crippen LogP contribution in [0.1, 0.15) is 34.5 Å². The first kappa shape index (κ1) is 22.0. The Morgan fingerprint density at radius 1 is 1.03 bits per heavy atom. The molecule has 0 aliphatic carbocycles. The molecule has 1 heterocycles. The van der Waals surface area contributed by atoms with E-state index in [4.69, 9.17) is 17.3 Å². The standard InChI is InChI=1S/C25H28ClN3O/c1-17-8-4-5-10-20(17)21-12-14-23(25(27)30)28-24(21)19-11-13-22(26)18(16-19)9-6-7-15-29(2)3/h4-5,8,10-14,16H,6-7,9,15H2,1-3H3,(H2,27,30). The molecule has 0 radical (unpaired) electrons. The average Bonchev–Trinajstić information content (AvgIpc) is 2.72. The number of carbonyl (C=O) groups excluding carboxylic acids is 1. The highest BCUT2D eigenvalue weighted by Gasteiger charge is 2.15. The lowest BCUT2D eigenvalue weighted by Gasteiger charge is -2.14. The van der Waals surface area contributed by atoms with Crippen LogP contribution in [0.5, 0.6) is 0 Å². The fraction of sp³-hybridized carbons (Fsp3) is 0.280. The molecule has 3 rings (SSSR count). The van der Waals surface area contributed by atoms with Crippen LogP contribution < -0.4 is 5.73 Å². The Morgan fingerprint density at radius 2 is 1.80 bits per heavy atom. The highest BCUT2D eigenvalue weighted by Crippen LogP contribution is 2.34. The van der Waals surface area contributed by atoms with Gasteiger partial charge in [-0.25, -0.2) is 4.98 Å². The summed E-state index contributed by atoms with van der Waals surface area (Å²) in [6, 6.07) is 17.7. The molecule has 1 aromatic heterocycles. The maximum atomic E-state index is 11.8. The van der Waals surface area contributed by atoms with Crippen LogP contribution >= 0.6 is 11.6 Å². The van der Waals surface area contributed by atoms with Gasteiger partial charge in [0.05, 0.1) is 5.69 Å². The van der Waals surface area contributed by atoms with Crippen molar-refractivity contribution in [1.29, 1.82) is 0 Å². The van der Waals surface area contributed by atoms with E-state index in [2.05, 4.69) is 49.1 Å². The van der Waals surface area contributed by atoms with E-state index in [1.807, 2.05) is 30.3 Å². The number of hydrogen-bond acceptors (Lipinski definition) is 3. The molecule has 1 amide bonds. The van der Waals surface area contributed by atoms with Gasteiger partial charge in [0, 0.05) is 16.1 Å². The largest absolute Gasteiger partial charge is 0.364 e. The van der Waals surface area contributed by atoms with E-state index in [0.29, 0.717) is 0 Å². The van der Waals surface area contributed by atoms with Crippen molar-refractivity contribution in [2.45, 2.75) is 26.2 Å². The monoisotopic (exact) mass is 421 g/mol. The molecule has 0 spiro atoms. The first-order valence-corrected chi connectivity index (χ1v) is 10.5. The Kier molecular flexibility index (Phi) is 7.24. The number of aromatic nitrogens is 1. The molecule has 0 aliphatic heterocycles. The third-order valence-electron chi connectivity index (χ3n) is 5.20. The first-order chi connectivity index (χ1) is 14.4. The van der Waals surface area contributed by atoms with Gasteiger partial charge in [0.25, 0.3) is 5.91 Å². The summed E-state index contributed by atoms with van der Waals surface area (Å²) in [6.07, 6.45) is 3.06. The Hall–Kier alpha value is -2.69. The number of carbonyl (C=O) groups is 1. The molecule has 5 heteroatoms. The van der Waals surface area contributed by atoms with Crippen molar-refractivity contribution in [2.75, 3.05) is 20.6 Å². The van der Waals surface area contributed by atoms with Gasteiger partial charge in [0.2, 0.25) is 0 Å². The smallest absolute Gasteiger partial charge is 0.267 e. The molecule has 0 saturated carbocycles. The van der Waals surface area contributed by atoms with Crippen LogP contribution in [-0.4, -0.2) is 36.4 Å². The van der Waals surface area contributed by atoms with Crippen molar-refractivity contribution in [3.63, 3.8) is 0 Å². The first-order valence-electron chi connectivity index (χ1n) is 10.2. The van der Waals surface area contributed by atoms with E-state index < -0.39 is 5.91 Å². The third-order valence-corrected chi connectivity index (χ3v) is 5.57. The number of nitrogens with two attached hydrogens (primary N) is 1. The van der Waals surface area contributed by atoms with Gasteiger partial charge in [-0.2, -0.15) is 0 Å². The lowest BCUT2D eigenvalue weighted by atomic mass is 9.94. The van der Waals surface area contributed by atoms with Gasteiger partial charge in [-0.15, -0.1) is 0 Å². The Labute approximate surface area is 183 Å². The molecule has 0 saturated heterocycles. The van der Waals surface area contributed by atoms with Gasteiger partial charge in [-0.05, 0) is 87.8 Å². The van der Waals surface area contributed by atoms with Gasteiger partial charge in [-0.3, -0.25) is 4.79 Å². The Morgan fingerprint density at radius 3 is 2.50 bits per heavy atom. The number of primary amides is 1. The maximum absolute atomic E-state index is 11.8. The number of hydrogen-bond donors (Lipinski definition) is 1. The number of pyridine rings is 1. The summed E-state index contributed by atoms with van der Waals surface area (Å²) in [5, 5.41) is 0.757. The number of unbranched alkanes of at least 4 members (excludes halogenated alkanes) is 1.